The van der Waals surface area contributed by atoms with Gasteiger partial charge in [0.15, 0.2) is 0 Å². The molecule has 0 saturated carbocycles. The lowest BCUT2D eigenvalue weighted by molar-refractivity contribution is 0.575. The molecule has 0 amide bonds. The second-order valence-electron chi connectivity index (χ2n) is 5.42. The Balaban J connectivity index is 2.28. The third-order valence-corrected chi connectivity index (χ3v) is 3.34. The monoisotopic (exact) mass is 234 g/mol. The van der Waals surface area contributed by atoms with Crippen molar-refractivity contribution in [1.82, 2.24) is 9.97 Å². The second-order valence-corrected chi connectivity index (χ2v) is 5.42. The molecule has 1 aliphatic rings. The number of rotatable bonds is 3. The van der Waals surface area contributed by atoms with Crippen LogP contribution in [0.15, 0.2) is 6.33 Å². The highest BCUT2D eigenvalue weighted by Gasteiger charge is 2.20. The fourth-order valence-corrected chi connectivity index (χ4v) is 2.18. The molecule has 1 heterocycles. The van der Waals surface area contributed by atoms with Gasteiger partial charge in [0, 0.05) is 23.3 Å². The van der Waals surface area contributed by atoms with E-state index in [1.807, 2.05) is 0 Å². The van der Waals surface area contributed by atoms with Crippen LogP contribution < -0.4 is 11.1 Å². The Morgan fingerprint density at radius 3 is 2.76 bits per heavy atom. The highest BCUT2D eigenvalue weighted by Crippen LogP contribution is 2.25. The summed E-state index contributed by atoms with van der Waals surface area (Å²) in [6.45, 7) is 4.78. The van der Waals surface area contributed by atoms with Gasteiger partial charge in [-0.2, -0.15) is 0 Å². The fourth-order valence-electron chi connectivity index (χ4n) is 2.18. The van der Waals surface area contributed by atoms with E-state index in [1.54, 1.807) is 6.33 Å². The summed E-state index contributed by atoms with van der Waals surface area (Å²) >= 11 is 0. The molecule has 0 atom stereocenters. The second kappa shape index (κ2) is 5.00. The van der Waals surface area contributed by atoms with Crippen molar-refractivity contribution < 1.29 is 0 Å². The van der Waals surface area contributed by atoms with Gasteiger partial charge in [0.1, 0.15) is 12.1 Å². The van der Waals surface area contributed by atoms with Crippen molar-refractivity contribution in [2.45, 2.75) is 51.5 Å². The summed E-state index contributed by atoms with van der Waals surface area (Å²) in [5, 5.41) is 3.45. The molecule has 0 aromatic carbocycles. The molecule has 0 unspecified atom stereocenters. The highest BCUT2D eigenvalue weighted by molar-refractivity contribution is 5.48. The number of anilines is 1. The van der Waals surface area contributed by atoms with Gasteiger partial charge in [-0.25, -0.2) is 9.97 Å². The van der Waals surface area contributed by atoms with Crippen molar-refractivity contribution in [2.75, 3.05) is 11.9 Å². The van der Waals surface area contributed by atoms with E-state index < -0.39 is 0 Å². The van der Waals surface area contributed by atoms with Crippen LogP contribution in [0, 0.1) is 0 Å². The van der Waals surface area contributed by atoms with Crippen molar-refractivity contribution in [1.29, 1.82) is 0 Å². The Morgan fingerprint density at radius 1 is 1.24 bits per heavy atom. The Hall–Kier alpha value is -1.16. The zero-order valence-corrected chi connectivity index (χ0v) is 10.8. The predicted molar refractivity (Wildman–Crippen MR) is 70.0 cm³/mol. The summed E-state index contributed by atoms with van der Waals surface area (Å²) in [4.78, 5) is 8.80. The van der Waals surface area contributed by atoms with Crippen molar-refractivity contribution in [2.24, 2.45) is 5.73 Å². The molecule has 0 spiro atoms. The van der Waals surface area contributed by atoms with E-state index in [4.69, 9.17) is 5.73 Å². The van der Waals surface area contributed by atoms with Gasteiger partial charge in [-0.1, -0.05) is 6.42 Å². The van der Waals surface area contributed by atoms with Crippen LogP contribution >= 0.6 is 0 Å². The minimum absolute atomic E-state index is 0.117. The molecule has 3 N–H and O–H groups in total. The van der Waals surface area contributed by atoms with Gasteiger partial charge in [-0.15, -0.1) is 0 Å². The molecule has 1 aromatic heterocycles. The SMILES string of the molecule is CC(C)(CN)Nc1ncnc2c1CCCCC2. The predicted octanol–water partition coefficient (Wildman–Crippen LogP) is 1.89. The first-order valence-corrected chi connectivity index (χ1v) is 6.43. The van der Waals surface area contributed by atoms with Gasteiger partial charge in [-0.05, 0) is 39.5 Å². The van der Waals surface area contributed by atoms with E-state index in [1.165, 1.54) is 30.5 Å². The Labute approximate surface area is 103 Å². The maximum Gasteiger partial charge on any atom is 0.133 e. The largest absolute Gasteiger partial charge is 0.364 e. The van der Waals surface area contributed by atoms with Crippen LogP contribution in [0.25, 0.3) is 0 Å². The van der Waals surface area contributed by atoms with E-state index in [9.17, 15) is 0 Å². The summed E-state index contributed by atoms with van der Waals surface area (Å²) < 4.78 is 0. The summed E-state index contributed by atoms with van der Waals surface area (Å²) in [6.07, 6.45) is 7.59. The third kappa shape index (κ3) is 2.94. The number of fused-ring (bicyclic) bond motifs is 1. The van der Waals surface area contributed by atoms with E-state index in [-0.39, 0.29) is 5.54 Å². The van der Waals surface area contributed by atoms with Gasteiger partial charge in [0.2, 0.25) is 0 Å². The lowest BCUT2D eigenvalue weighted by Crippen LogP contribution is -2.39. The van der Waals surface area contributed by atoms with E-state index in [0.29, 0.717) is 6.54 Å². The Morgan fingerprint density at radius 2 is 2.00 bits per heavy atom. The first-order valence-electron chi connectivity index (χ1n) is 6.43. The lowest BCUT2D eigenvalue weighted by atomic mass is 10.0. The fraction of sp³-hybridized carbons (Fsp3) is 0.692. The van der Waals surface area contributed by atoms with Gasteiger partial charge in [0.05, 0.1) is 0 Å². The van der Waals surface area contributed by atoms with Crippen LogP contribution in [0.3, 0.4) is 0 Å². The Bertz CT molecular complexity index is 387. The molecular weight excluding hydrogens is 212 g/mol. The van der Waals surface area contributed by atoms with Gasteiger partial charge in [0.25, 0.3) is 0 Å². The van der Waals surface area contributed by atoms with Crippen molar-refractivity contribution in [3.8, 4) is 0 Å². The summed E-state index contributed by atoms with van der Waals surface area (Å²) in [6, 6.07) is 0. The number of hydrogen-bond acceptors (Lipinski definition) is 4. The number of nitrogens with zero attached hydrogens (tertiary/aromatic N) is 2. The van der Waals surface area contributed by atoms with Crippen molar-refractivity contribution in [3.63, 3.8) is 0 Å². The van der Waals surface area contributed by atoms with Crippen molar-refractivity contribution in [3.05, 3.63) is 17.6 Å². The summed E-state index contributed by atoms with van der Waals surface area (Å²) in [7, 11) is 0. The molecular formula is C13H22N4. The average Bonchev–Trinajstić information content (AvgIpc) is 2.54. The summed E-state index contributed by atoms with van der Waals surface area (Å²) in [5.74, 6) is 0.979. The van der Waals surface area contributed by atoms with E-state index in [0.717, 1.165) is 18.7 Å². The lowest BCUT2D eigenvalue weighted by Gasteiger charge is -2.26. The topological polar surface area (TPSA) is 63.8 Å². The van der Waals surface area contributed by atoms with Gasteiger partial charge < -0.3 is 11.1 Å². The molecule has 0 bridgehead atoms. The molecule has 0 saturated heterocycles. The molecule has 0 fully saturated rings. The number of nitrogens with one attached hydrogen (secondary N) is 1. The molecule has 4 nitrogen and oxygen atoms in total. The van der Waals surface area contributed by atoms with Crippen LogP contribution in [0.4, 0.5) is 5.82 Å². The maximum atomic E-state index is 5.76. The molecule has 0 radical (unpaired) electrons. The van der Waals surface area contributed by atoms with Crippen molar-refractivity contribution >= 4 is 5.82 Å². The van der Waals surface area contributed by atoms with Crippen LogP contribution in [0.1, 0.15) is 44.4 Å². The van der Waals surface area contributed by atoms with Gasteiger partial charge >= 0.3 is 0 Å². The van der Waals surface area contributed by atoms with E-state index >= 15 is 0 Å². The minimum Gasteiger partial charge on any atom is -0.364 e. The number of aryl methyl sites for hydroxylation is 1. The average molecular weight is 234 g/mol. The third-order valence-electron chi connectivity index (χ3n) is 3.34. The first kappa shape index (κ1) is 12.3. The molecule has 1 aliphatic carbocycles. The highest BCUT2D eigenvalue weighted by atomic mass is 15.1. The quantitative estimate of drug-likeness (QED) is 0.784. The van der Waals surface area contributed by atoms with Crippen LogP contribution in [0.5, 0.6) is 0 Å². The standard InChI is InChI=1S/C13H22N4/c1-13(2,8-14)17-12-10-6-4-3-5-7-11(10)15-9-16-12/h9H,3-8,14H2,1-2H3,(H,15,16,17). The first-order chi connectivity index (χ1) is 8.12. The normalized spacial score (nSPS) is 16.2. The van der Waals surface area contributed by atoms with Gasteiger partial charge in [-0.3, -0.25) is 0 Å². The van der Waals surface area contributed by atoms with Crippen LogP contribution in [-0.2, 0) is 12.8 Å². The van der Waals surface area contributed by atoms with E-state index in [2.05, 4.69) is 29.1 Å². The zero-order chi connectivity index (χ0) is 12.3. The molecule has 0 aliphatic heterocycles. The molecule has 4 heteroatoms. The van der Waals surface area contributed by atoms with Crippen LogP contribution in [0.2, 0.25) is 0 Å². The zero-order valence-electron chi connectivity index (χ0n) is 10.8. The smallest absolute Gasteiger partial charge is 0.133 e. The molecule has 1 aromatic rings. The molecule has 94 valence electrons. The number of nitrogens with two attached hydrogens (primary N) is 1. The number of aromatic nitrogens is 2. The minimum atomic E-state index is -0.117. The Kier molecular flexibility index (Phi) is 3.62. The van der Waals surface area contributed by atoms with Crippen LogP contribution in [-0.4, -0.2) is 22.1 Å². The molecule has 17 heavy (non-hydrogen) atoms. The summed E-state index contributed by atoms with van der Waals surface area (Å²) in [5.41, 5.74) is 8.15. The molecule has 2 rings (SSSR count). The maximum absolute atomic E-state index is 5.76. The number of hydrogen-bond donors (Lipinski definition) is 2.